The summed E-state index contributed by atoms with van der Waals surface area (Å²) in [7, 11) is 0. The van der Waals surface area contributed by atoms with Crippen LogP contribution in [0.25, 0.3) is 0 Å². The molecule has 1 fully saturated rings. The van der Waals surface area contributed by atoms with Crippen molar-refractivity contribution in [3.8, 4) is 0 Å². The first-order valence-electron chi connectivity index (χ1n) is 7.60. The van der Waals surface area contributed by atoms with Crippen LogP contribution in [0, 0.1) is 11.8 Å². The van der Waals surface area contributed by atoms with Crippen LogP contribution < -0.4 is 21.5 Å². The van der Waals surface area contributed by atoms with Crippen LogP contribution in [-0.4, -0.2) is 22.5 Å². The van der Waals surface area contributed by atoms with Gasteiger partial charge in [-0.3, -0.25) is 10.9 Å². The maximum Gasteiger partial charge on any atom is 0.189 e. The summed E-state index contributed by atoms with van der Waals surface area (Å²) in [6.07, 6.45) is 9.07. The molecule has 4 N–H and O–H groups in total. The van der Waals surface area contributed by atoms with E-state index in [2.05, 4.69) is 45.8 Å². The van der Waals surface area contributed by atoms with Crippen molar-refractivity contribution in [2.24, 2.45) is 11.8 Å². The van der Waals surface area contributed by atoms with Gasteiger partial charge in [0.2, 0.25) is 0 Å². The predicted octanol–water partition coefficient (Wildman–Crippen LogP) is 3.04. The molecule has 0 aromatic heterocycles. The van der Waals surface area contributed by atoms with Crippen molar-refractivity contribution in [2.45, 2.75) is 23.8 Å². The van der Waals surface area contributed by atoms with Gasteiger partial charge in [0.05, 0.1) is 0 Å². The maximum absolute atomic E-state index is 5.33. The second kappa shape index (κ2) is 7.51. The van der Waals surface area contributed by atoms with Gasteiger partial charge in [0, 0.05) is 16.6 Å². The number of rotatable bonds is 3. The number of hydrazine groups is 1. The molecular formula is C16H20N4S3. The van der Waals surface area contributed by atoms with Crippen LogP contribution in [0.15, 0.2) is 41.3 Å². The van der Waals surface area contributed by atoms with E-state index in [1.807, 2.05) is 18.4 Å². The maximum atomic E-state index is 5.33. The Labute approximate surface area is 151 Å². The van der Waals surface area contributed by atoms with Crippen LogP contribution in [0.2, 0.25) is 0 Å². The number of hydrogen-bond donors (Lipinski definition) is 4. The highest BCUT2D eigenvalue weighted by molar-refractivity contribution is 7.98. The largest absolute Gasteiger partial charge is 0.358 e. The van der Waals surface area contributed by atoms with E-state index in [1.165, 1.54) is 11.3 Å². The normalized spacial score (nSPS) is 24.3. The minimum atomic E-state index is 0.437. The fraction of sp³-hybridized carbons (Fsp3) is 0.375. The molecule has 122 valence electrons. The van der Waals surface area contributed by atoms with E-state index in [1.54, 1.807) is 11.8 Å². The van der Waals surface area contributed by atoms with Crippen molar-refractivity contribution >= 4 is 52.1 Å². The average molecular weight is 365 g/mol. The standard InChI is InChI=1S/C16H20N4S3/c1-23-13-4-2-3-12(9-13)17-15(21)19-20-16(22)18-14-8-10-5-6-11(14)7-10/h2-6,9-11,14H,7-8H2,1H3,(H2,17,19,21)(H2,18,20,22)/t10-,11+,14+/m0/s1. The number of thioether (sulfide) groups is 1. The van der Waals surface area contributed by atoms with Gasteiger partial charge >= 0.3 is 0 Å². The summed E-state index contributed by atoms with van der Waals surface area (Å²) < 4.78 is 0. The van der Waals surface area contributed by atoms with E-state index in [9.17, 15) is 0 Å². The molecular weight excluding hydrogens is 344 g/mol. The molecule has 0 heterocycles. The third-order valence-corrected chi connectivity index (χ3v) is 5.36. The van der Waals surface area contributed by atoms with Crippen molar-refractivity contribution in [3.05, 3.63) is 36.4 Å². The molecule has 0 unspecified atom stereocenters. The Kier molecular flexibility index (Phi) is 5.40. The molecule has 0 aliphatic heterocycles. The quantitative estimate of drug-likeness (QED) is 0.285. The van der Waals surface area contributed by atoms with Gasteiger partial charge in [0.1, 0.15) is 0 Å². The number of thiocarbonyl (C=S) groups is 2. The van der Waals surface area contributed by atoms with Gasteiger partial charge in [0.25, 0.3) is 0 Å². The second-order valence-corrected chi connectivity index (χ2v) is 7.49. The first-order valence-corrected chi connectivity index (χ1v) is 9.64. The highest BCUT2D eigenvalue weighted by Crippen LogP contribution is 2.38. The number of anilines is 1. The van der Waals surface area contributed by atoms with Crippen LogP contribution in [-0.2, 0) is 0 Å². The summed E-state index contributed by atoms with van der Waals surface area (Å²) in [6.45, 7) is 0. The summed E-state index contributed by atoms with van der Waals surface area (Å²) in [5.41, 5.74) is 6.84. The van der Waals surface area contributed by atoms with E-state index in [-0.39, 0.29) is 0 Å². The molecule has 1 saturated carbocycles. The molecule has 2 bridgehead atoms. The molecule has 7 heteroatoms. The molecule has 0 saturated heterocycles. The van der Waals surface area contributed by atoms with E-state index in [0.717, 1.165) is 18.0 Å². The lowest BCUT2D eigenvalue weighted by Gasteiger charge is -2.22. The number of hydrogen-bond acceptors (Lipinski definition) is 3. The van der Waals surface area contributed by atoms with Crippen molar-refractivity contribution in [2.75, 3.05) is 11.6 Å². The molecule has 0 spiro atoms. The van der Waals surface area contributed by atoms with Crippen molar-refractivity contribution in [1.29, 1.82) is 0 Å². The van der Waals surface area contributed by atoms with Crippen molar-refractivity contribution in [3.63, 3.8) is 0 Å². The second-order valence-electron chi connectivity index (χ2n) is 5.80. The Balaban J connectivity index is 1.41. The van der Waals surface area contributed by atoms with E-state index < -0.39 is 0 Å². The van der Waals surface area contributed by atoms with Crippen LogP contribution in [0.4, 0.5) is 5.69 Å². The van der Waals surface area contributed by atoms with Gasteiger partial charge in [-0.15, -0.1) is 11.8 Å². The Hall–Kier alpha value is -1.31. The summed E-state index contributed by atoms with van der Waals surface area (Å²) in [4.78, 5) is 1.19. The molecule has 3 atom stereocenters. The zero-order chi connectivity index (χ0) is 16.2. The van der Waals surface area contributed by atoms with Gasteiger partial charge in [-0.25, -0.2) is 0 Å². The summed E-state index contributed by atoms with van der Waals surface area (Å²) in [5.74, 6) is 1.33. The SMILES string of the molecule is CSc1cccc(NC(=S)NNC(=S)N[C@@H]2C[C@H]3C=C[C@@H]2C3)c1. The van der Waals surface area contributed by atoms with Crippen LogP contribution in [0.3, 0.4) is 0 Å². The van der Waals surface area contributed by atoms with Crippen LogP contribution >= 0.6 is 36.2 Å². The molecule has 2 aliphatic rings. The summed E-state index contributed by atoms with van der Waals surface area (Å²) >= 11 is 12.3. The van der Waals surface area contributed by atoms with E-state index >= 15 is 0 Å². The summed E-state index contributed by atoms with van der Waals surface area (Å²) in [5, 5.41) is 7.57. The molecule has 2 aliphatic carbocycles. The highest BCUT2D eigenvalue weighted by atomic mass is 32.2. The van der Waals surface area contributed by atoms with Gasteiger partial charge in [-0.1, -0.05) is 18.2 Å². The monoisotopic (exact) mass is 364 g/mol. The van der Waals surface area contributed by atoms with Gasteiger partial charge < -0.3 is 10.6 Å². The fourth-order valence-electron chi connectivity index (χ4n) is 3.13. The molecule has 3 rings (SSSR count). The predicted molar refractivity (Wildman–Crippen MR) is 106 cm³/mol. The molecule has 0 amide bonds. The Bertz CT molecular complexity index is 632. The van der Waals surface area contributed by atoms with E-state index in [4.69, 9.17) is 24.4 Å². The lowest BCUT2D eigenvalue weighted by Crippen LogP contribution is -2.51. The van der Waals surface area contributed by atoms with Gasteiger partial charge in [-0.2, -0.15) is 0 Å². The van der Waals surface area contributed by atoms with Gasteiger partial charge in [0.15, 0.2) is 10.2 Å². The number of nitrogens with one attached hydrogen (secondary N) is 4. The summed E-state index contributed by atoms with van der Waals surface area (Å²) in [6, 6.07) is 8.53. The first kappa shape index (κ1) is 16.5. The highest BCUT2D eigenvalue weighted by Gasteiger charge is 2.35. The topological polar surface area (TPSA) is 48.1 Å². The smallest absolute Gasteiger partial charge is 0.189 e. The minimum Gasteiger partial charge on any atom is -0.358 e. The zero-order valence-electron chi connectivity index (χ0n) is 12.8. The minimum absolute atomic E-state index is 0.437. The number of allylic oxidation sites excluding steroid dienone is 1. The molecule has 23 heavy (non-hydrogen) atoms. The lowest BCUT2D eigenvalue weighted by atomic mass is 10.0. The van der Waals surface area contributed by atoms with Crippen LogP contribution in [0.1, 0.15) is 12.8 Å². The number of benzene rings is 1. The first-order chi connectivity index (χ1) is 11.1. The molecule has 0 radical (unpaired) electrons. The molecule has 1 aromatic carbocycles. The number of fused-ring (bicyclic) bond motifs is 2. The molecule has 4 nitrogen and oxygen atoms in total. The molecule has 1 aromatic rings. The Morgan fingerprint density at radius 2 is 1.96 bits per heavy atom. The average Bonchev–Trinajstić information content (AvgIpc) is 3.16. The van der Waals surface area contributed by atoms with Crippen LogP contribution in [0.5, 0.6) is 0 Å². The van der Waals surface area contributed by atoms with Gasteiger partial charge in [-0.05, 0) is 73.6 Å². The fourth-order valence-corrected chi connectivity index (χ4v) is 3.96. The Morgan fingerprint density at radius 3 is 2.65 bits per heavy atom. The van der Waals surface area contributed by atoms with E-state index in [0.29, 0.717) is 22.2 Å². The van der Waals surface area contributed by atoms with Crippen molar-refractivity contribution in [1.82, 2.24) is 16.2 Å². The zero-order valence-corrected chi connectivity index (χ0v) is 15.3. The third-order valence-electron chi connectivity index (χ3n) is 4.21. The third kappa shape index (κ3) is 4.37. The lowest BCUT2D eigenvalue weighted by molar-refractivity contribution is 0.518. The Morgan fingerprint density at radius 1 is 1.13 bits per heavy atom. The van der Waals surface area contributed by atoms with Crippen molar-refractivity contribution < 1.29 is 0 Å².